The number of benzene rings is 1. The molecule has 1 aliphatic rings. The number of H-pyrrole nitrogens is 1. The average Bonchev–Trinajstić information content (AvgIpc) is 3.19. The highest BCUT2D eigenvalue weighted by molar-refractivity contribution is 7.16. The van der Waals surface area contributed by atoms with E-state index in [4.69, 9.17) is 9.97 Å². The number of hydrogen-bond donors (Lipinski definition) is 2. The van der Waals surface area contributed by atoms with Crippen LogP contribution in [0, 0.1) is 0 Å². The summed E-state index contributed by atoms with van der Waals surface area (Å²) in [6.45, 7) is 9.66. The van der Waals surface area contributed by atoms with E-state index in [1.54, 1.807) is 0 Å². The highest BCUT2D eigenvalue weighted by Crippen LogP contribution is 2.38. The molecule has 0 aliphatic carbocycles. The van der Waals surface area contributed by atoms with Gasteiger partial charge in [0.05, 0.1) is 16.0 Å². The number of rotatable bonds is 3. The van der Waals surface area contributed by atoms with Gasteiger partial charge < -0.3 is 15.2 Å². The first-order valence-electron chi connectivity index (χ1n) is 8.56. The van der Waals surface area contributed by atoms with E-state index in [0.29, 0.717) is 12.0 Å². The predicted octanol–water partition coefficient (Wildman–Crippen LogP) is 3.61. The number of anilines is 1. The summed E-state index contributed by atoms with van der Waals surface area (Å²) in [6, 6.07) is 8.65. The Morgan fingerprint density at radius 2 is 2.08 bits per heavy atom. The minimum atomic E-state index is 0.423. The molecule has 0 spiro atoms. The summed E-state index contributed by atoms with van der Waals surface area (Å²) in [6.07, 6.45) is 0. The molecule has 0 bridgehead atoms. The maximum Gasteiger partial charge on any atom is 0.160 e. The van der Waals surface area contributed by atoms with Crippen LogP contribution in [0.25, 0.3) is 22.6 Å². The number of thiazole rings is 1. The van der Waals surface area contributed by atoms with Crippen molar-refractivity contribution < 1.29 is 0 Å². The largest absolute Gasteiger partial charge is 0.359 e. The van der Waals surface area contributed by atoms with E-state index in [9.17, 15) is 0 Å². The second-order valence-electron chi connectivity index (χ2n) is 6.76. The van der Waals surface area contributed by atoms with Crippen LogP contribution in [0.5, 0.6) is 0 Å². The standard InChI is InChI=1S/C18H23N5S/c1-11(2)17-22-15(16-20-13-6-4-5-7-14(13)21-16)18(24-17)23-9-8-19-12(3)10-23/h4-7,11-12,19H,8-10H2,1-3H3,(H,20,21)/t12-/m1/s1. The fourth-order valence-corrected chi connectivity index (χ4v) is 4.23. The molecule has 24 heavy (non-hydrogen) atoms. The first kappa shape index (κ1) is 15.6. The van der Waals surface area contributed by atoms with Crippen LogP contribution in [0.4, 0.5) is 5.00 Å². The number of hydrogen-bond acceptors (Lipinski definition) is 5. The molecule has 126 valence electrons. The van der Waals surface area contributed by atoms with Crippen LogP contribution in [0.3, 0.4) is 0 Å². The molecule has 1 fully saturated rings. The van der Waals surface area contributed by atoms with Crippen molar-refractivity contribution in [3.8, 4) is 11.5 Å². The minimum absolute atomic E-state index is 0.423. The maximum atomic E-state index is 4.94. The van der Waals surface area contributed by atoms with E-state index >= 15 is 0 Å². The SMILES string of the molecule is CC(C)c1nc(-c2nc3ccccc3[nH]2)c(N2CCN[C@H](C)C2)s1. The number of fused-ring (bicyclic) bond motifs is 1. The monoisotopic (exact) mass is 341 g/mol. The zero-order valence-electron chi connectivity index (χ0n) is 14.3. The molecule has 1 saturated heterocycles. The van der Waals surface area contributed by atoms with E-state index in [1.807, 2.05) is 29.5 Å². The Kier molecular flexibility index (Phi) is 4.02. The van der Waals surface area contributed by atoms with Crippen LogP contribution in [0.1, 0.15) is 31.7 Å². The lowest BCUT2D eigenvalue weighted by molar-refractivity contribution is 0.486. The van der Waals surface area contributed by atoms with Crippen molar-refractivity contribution in [2.75, 3.05) is 24.5 Å². The van der Waals surface area contributed by atoms with Crippen LogP contribution in [-0.2, 0) is 0 Å². The molecule has 2 N–H and O–H groups in total. The lowest BCUT2D eigenvalue weighted by Crippen LogP contribution is -2.49. The van der Waals surface area contributed by atoms with Crippen molar-refractivity contribution in [3.63, 3.8) is 0 Å². The van der Waals surface area contributed by atoms with Crippen LogP contribution >= 0.6 is 11.3 Å². The Morgan fingerprint density at radius 3 is 2.83 bits per heavy atom. The number of nitrogens with one attached hydrogen (secondary N) is 2. The first-order valence-corrected chi connectivity index (χ1v) is 9.37. The van der Waals surface area contributed by atoms with Gasteiger partial charge in [0.25, 0.3) is 0 Å². The second-order valence-corrected chi connectivity index (χ2v) is 7.77. The summed E-state index contributed by atoms with van der Waals surface area (Å²) in [5, 5.41) is 5.93. The third-order valence-corrected chi connectivity index (χ3v) is 5.81. The Hall–Kier alpha value is -1.92. The molecule has 1 aliphatic heterocycles. The van der Waals surface area contributed by atoms with E-state index in [2.05, 4.69) is 42.0 Å². The summed E-state index contributed by atoms with van der Waals surface area (Å²) in [7, 11) is 0. The Morgan fingerprint density at radius 1 is 1.25 bits per heavy atom. The van der Waals surface area contributed by atoms with Gasteiger partial charge in [-0.25, -0.2) is 9.97 Å². The van der Waals surface area contributed by atoms with E-state index in [1.165, 1.54) is 10.0 Å². The molecule has 0 unspecified atom stereocenters. The Labute approximate surface area is 146 Å². The zero-order valence-corrected chi connectivity index (χ0v) is 15.2. The van der Waals surface area contributed by atoms with Crippen LogP contribution in [0.2, 0.25) is 0 Å². The van der Waals surface area contributed by atoms with E-state index < -0.39 is 0 Å². The van der Waals surface area contributed by atoms with E-state index in [0.717, 1.165) is 42.2 Å². The Bertz CT molecular complexity index is 817. The summed E-state index contributed by atoms with van der Waals surface area (Å²) in [5.74, 6) is 1.30. The van der Waals surface area contributed by atoms with Gasteiger partial charge >= 0.3 is 0 Å². The molecule has 1 aromatic carbocycles. The Balaban J connectivity index is 1.80. The maximum absolute atomic E-state index is 4.94. The van der Waals surface area contributed by atoms with Gasteiger partial charge in [0.1, 0.15) is 10.7 Å². The molecule has 4 rings (SSSR count). The van der Waals surface area contributed by atoms with Crippen LogP contribution in [0.15, 0.2) is 24.3 Å². The smallest absolute Gasteiger partial charge is 0.160 e. The van der Waals surface area contributed by atoms with Gasteiger partial charge in [-0.05, 0) is 19.1 Å². The topological polar surface area (TPSA) is 56.8 Å². The summed E-state index contributed by atoms with van der Waals surface area (Å²) >= 11 is 1.81. The van der Waals surface area contributed by atoms with Crippen molar-refractivity contribution in [3.05, 3.63) is 29.3 Å². The second kappa shape index (κ2) is 6.18. The number of para-hydroxylation sites is 2. The molecular weight excluding hydrogens is 318 g/mol. The summed E-state index contributed by atoms with van der Waals surface area (Å²) in [4.78, 5) is 15.6. The lowest BCUT2D eigenvalue weighted by atomic mass is 10.2. The summed E-state index contributed by atoms with van der Waals surface area (Å²) in [5.41, 5.74) is 3.05. The fraction of sp³-hybridized carbons (Fsp3) is 0.444. The number of aromatic amines is 1. The van der Waals surface area contributed by atoms with Gasteiger partial charge in [-0.1, -0.05) is 26.0 Å². The van der Waals surface area contributed by atoms with Gasteiger partial charge in [-0.2, -0.15) is 0 Å². The van der Waals surface area contributed by atoms with E-state index in [-0.39, 0.29) is 0 Å². The third-order valence-electron chi connectivity index (χ3n) is 4.39. The average molecular weight is 341 g/mol. The van der Waals surface area contributed by atoms with Crippen molar-refractivity contribution >= 4 is 27.4 Å². The molecule has 3 heterocycles. The number of aromatic nitrogens is 3. The minimum Gasteiger partial charge on any atom is -0.359 e. The van der Waals surface area contributed by atoms with Crippen LogP contribution in [-0.4, -0.2) is 40.6 Å². The van der Waals surface area contributed by atoms with Gasteiger partial charge in [-0.3, -0.25) is 0 Å². The molecule has 0 amide bonds. The molecule has 6 heteroatoms. The quantitative estimate of drug-likeness (QED) is 0.764. The highest BCUT2D eigenvalue weighted by atomic mass is 32.1. The molecule has 5 nitrogen and oxygen atoms in total. The van der Waals surface area contributed by atoms with Gasteiger partial charge in [0.15, 0.2) is 5.82 Å². The van der Waals surface area contributed by atoms with Gasteiger partial charge in [0.2, 0.25) is 0 Å². The fourth-order valence-electron chi connectivity index (χ4n) is 3.13. The van der Waals surface area contributed by atoms with Gasteiger partial charge in [-0.15, -0.1) is 11.3 Å². The van der Waals surface area contributed by atoms with Gasteiger partial charge in [0, 0.05) is 31.6 Å². The van der Waals surface area contributed by atoms with Crippen molar-refractivity contribution in [1.82, 2.24) is 20.3 Å². The number of imidazole rings is 1. The third kappa shape index (κ3) is 2.80. The zero-order chi connectivity index (χ0) is 16.7. The molecule has 3 aromatic rings. The number of nitrogens with zero attached hydrogens (tertiary/aromatic N) is 3. The predicted molar refractivity (Wildman–Crippen MR) is 101 cm³/mol. The lowest BCUT2D eigenvalue weighted by Gasteiger charge is -2.32. The van der Waals surface area contributed by atoms with Crippen molar-refractivity contribution in [2.24, 2.45) is 0 Å². The molecular formula is C18H23N5S. The normalized spacial score (nSPS) is 18.7. The van der Waals surface area contributed by atoms with Crippen molar-refractivity contribution in [1.29, 1.82) is 0 Å². The summed E-state index contributed by atoms with van der Waals surface area (Å²) < 4.78 is 0. The molecule has 0 radical (unpaired) electrons. The molecule has 0 saturated carbocycles. The van der Waals surface area contributed by atoms with Crippen LogP contribution < -0.4 is 10.2 Å². The van der Waals surface area contributed by atoms with Crippen molar-refractivity contribution in [2.45, 2.75) is 32.7 Å². The molecule has 1 atom stereocenters. The highest BCUT2D eigenvalue weighted by Gasteiger charge is 2.25. The first-order chi connectivity index (χ1) is 11.6. The molecule has 2 aromatic heterocycles. The number of piperazine rings is 1.